The van der Waals surface area contributed by atoms with Crippen molar-refractivity contribution in [2.45, 2.75) is 0 Å². The third kappa shape index (κ3) is 2.52. The van der Waals surface area contributed by atoms with Gasteiger partial charge in [-0.2, -0.15) is 10.1 Å². The number of imide groups is 1. The number of benzene rings is 3. The van der Waals surface area contributed by atoms with E-state index in [1.807, 2.05) is 0 Å². The fraction of sp³-hybridized carbons (Fsp3) is 0. The first-order valence-corrected chi connectivity index (χ1v) is 7.97. The molecule has 0 aliphatic carbocycles. The molecule has 0 saturated carbocycles. The Morgan fingerprint density at radius 3 is 2.18 bits per heavy atom. The Hall–Kier alpha value is -4.01. The van der Waals surface area contributed by atoms with Crippen molar-refractivity contribution in [2.75, 3.05) is 0 Å². The minimum Gasteiger partial charge on any atom is -0.267 e. The highest BCUT2D eigenvalue weighted by molar-refractivity contribution is 6.26. The van der Waals surface area contributed by atoms with Crippen molar-refractivity contribution in [3.63, 3.8) is 0 Å². The van der Waals surface area contributed by atoms with Gasteiger partial charge in [0.25, 0.3) is 17.5 Å². The largest absolute Gasteiger partial charge is 0.282 e. The highest BCUT2D eigenvalue weighted by atomic mass is 19.1. The summed E-state index contributed by atoms with van der Waals surface area (Å²) in [5.74, 6) is -3.51. The zero-order valence-corrected chi connectivity index (χ0v) is 13.9. The maximum Gasteiger partial charge on any atom is 0.282 e. The third-order valence-electron chi connectivity index (χ3n) is 4.36. The average molecular weight is 381 g/mol. The molecule has 0 radical (unpaired) electrons. The van der Waals surface area contributed by atoms with Crippen molar-refractivity contribution in [3.8, 4) is 0 Å². The number of hydrazone groups is 1. The molecule has 4 rings (SSSR count). The maximum absolute atomic E-state index is 13.8. The van der Waals surface area contributed by atoms with E-state index in [1.54, 1.807) is 0 Å². The predicted octanol–water partition coefficient (Wildman–Crippen LogP) is 3.66. The van der Waals surface area contributed by atoms with Crippen LogP contribution in [0.25, 0.3) is 10.8 Å². The summed E-state index contributed by atoms with van der Waals surface area (Å²) < 4.78 is 27.5. The van der Waals surface area contributed by atoms with Gasteiger partial charge in [0.2, 0.25) is 0 Å². The Morgan fingerprint density at radius 1 is 0.929 bits per heavy atom. The second kappa shape index (κ2) is 6.31. The van der Waals surface area contributed by atoms with Gasteiger partial charge in [-0.15, -0.1) is 0 Å². The van der Waals surface area contributed by atoms with E-state index in [0.29, 0.717) is 5.01 Å². The Labute approximate surface area is 155 Å². The molecule has 7 nitrogen and oxygen atoms in total. The molecule has 0 unspecified atom stereocenters. The Bertz CT molecular complexity index is 1180. The molecule has 0 atom stereocenters. The van der Waals surface area contributed by atoms with Crippen LogP contribution in [0.5, 0.6) is 0 Å². The Balaban J connectivity index is 1.85. The molecule has 0 fully saturated rings. The molecular formula is C19H9F2N3O4. The van der Waals surface area contributed by atoms with Gasteiger partial charge in [0, 0.05) is 11.5 Å². The molecule has 1 heterocycles. The summed E-state index contributed by atoms with van der Waals surface area (Å²) >= 11 is 0. The van der Waals surface area contributed by atoms with Crippen LogP contribution in [-0.4, -0.2) is 28.0 Å². The lowest BCUT2D eigenvalue weighted by Crippen LogP contribution is -2.36. The van der Waals surface area contributed by atoms with Gasteiger partial charge >= 0.3 is 0 Å². The van der Waals surface area contributed by atoms with Gasteiger partial charge in [-0.1, -0.05) is 12.1 Å². The number of non-ortho nitro benzene ring substituents is 1. The molecule has 0 bridgehead atoms. The minimum atomic E-state index is -0.904. The highest BCUT2D eigenvalue weighted by Gasteiger charge is 2.34. The molecule has 3 aromatic rings. The van der Waals surface area contributed by atoms with Gasteiger partial charge in [-0.3, -0.25) is 19.7 Å². The number of amides is 2. The Kier molecular flexibility index (Phi) is 3.92. The SMILES string of the molecule is O=C1c2cccc3c([N+](=O)[O-])ccc(c23)C(=O)N1/N=C\c1c(F)cccc1F. The summed E-state index contributed by atoms with van der Waals surface area (Å²) in [4.78, 5) is 36.1. The third-order valence-corrected chi connectivity index (χ3v) is 4.36. The van der Waals surface area contributed by atoms with Gasteiger partial charge in [0.05, 0.1) is 33.2 Å². The molecule has 0 spiro atoms. The first kappa shape index (κ1) is 17.4. The fourth-order valence-electron chi connectivity index (χ4n) is 3.08. The smallest absolute Gasteiger partial charge is 0.267 e. The van der Waals surface area contributed by atoms with E-state index in [9.17, 15) is 28.5 Å². The number of nitro groups is 1. The number of carbonyl (C=O) groups is 2. The molecule has 1 aliphatic rings. The second-order valence-electron chi connectivity index (χ2n) is 5.92. The number of hydrogen-bond acceptors (Lipinski definition) is 5. The topological polar surface area (TPSA) is 92.9 Å². The molecule has 3 aromatic carbocycles. The van der Waals surface area contributed by atoms with Crippen LogP contribution >= 0.6 is 0 Å². The minimum absolute atomic E-state index is 0.0296. The van der Waals surface area contributed by atoms with E-state index < -0.39 is 33.9 Å². The number of halogens is 2. The summed E-state index contributed by atoms with van der Waals surface area (Å²) in [6, 6.07) is 9.87. The van der Waals surface area contributed by atoms with E-state index in [1.165, 1.54) is 30.3 Å². The molecular weight excluding hydrogens is 372 g/mol. The molecule has 1 aliphatic heterocycles. The van der Waals surface area contributed by atoms with Crippen molar-refractivity contribution < 1.29 is 23.3 Å². The maximum atomic E-state index is 13.8. The van der Waals surface area contributed by atoms with E-state index in [0.717, 1.165) is 24.4 Å². The van der Waals surface area contributed by atoms with Crippen LogP contribution in [-0.2, 0) is 0 Å². The van der Waals surface area contributed by atoms with Crippen LogP contribution in [0.2, 0.25) is 0 Å². The Morgan fingerprint density at radius 2 is 1.54 bits per heavy atom. The van der Waals surface area contributed by atoms with E-state index >= 15 is 0 Å². The number of rotatable bonds is 3. The summed E-state index contributed by atoms with van der Waals surface area (Å²) in [6.07, 6.45) is 0.747. The van der Waals surface area contributed by atoms with E-state index in [2.05, 4.69) is 5.10 Å². The summed E-state index contributed by atoms with van der Waals surface area (Å²) in [5, 5.41) is 15.7. The van der Waals surface area contributed by atoms with Crippen molar-refractivity contribution in [1.29, 1.82) is 0 Å². The van der Waals surface area contributed by atoms with Crippen LogP contribution in [0.4, 0.5) is 14.5 Å². The van der Waals surface area contributed by atoms with Gasteiger partial charge in [0.1, 0.15) is 11.6 Å². The lowest BCUT2D eigenvalue weighted by atomic mass is 9.94. The zero-order chi connectivity index (χ0) is 20.0. The van der Waals surface area contributed by atoms with Gasteiger partial charge in [-0.05, 0) is 30.3 Å². The van der Waals surface area contributed by atoms with Crippen LogP contribution in [0.1, 0.15) is 26.3 Å². The van der Waals surface area contributed by atoms with Crippen LogP contribution in [0.15, 0.2) is 53.6 Å². The van der Waals surface area contributed by atoms with Crippen molar-refractivity contribution in [3.05, 3.63) is 87.0 Å². The van der Waals surface area contributed by atoms with E-state index in [4.69, 9.17) is 0 Å². The van der Waals surface area contributed by atoms with Gasteiger partial charge in [-0.25, -0.2) is 8.78 Å². The first-order valence-electron chi connectivity index (χ1n) is 7.97. The highest BCUT2D eigenvalue weighted by Crippen LogP contribution is 2.35. The fourth-order valence-corrected chi connectivity index (χ4v) is 3.08. The normalized spacial score (nSPS) is 13.6. The molecule has 0 aromatic heterocycles. The monoisotopic (exact) mass is 381 g/mol. The van der Waals surface area contributed by atoms with E-state index in [-0.39, 0.29) is 27.6 Å². The molecule has 0 N–H and O–H groups in total. The lowest BCUT2D eigenvalue weighted by molar-refractivity contribution is -0.383. The number of nitro benzene ring substituents is 1. The average Bonchev–Trinajstić information content (AvgIpc) is 2.67. The molecule has 138 valence electrons. The summed E-state index contributed by atoms with van der Waals surface area (Å²) in [7, 11) is 0. The predicted molar refractivity (Wildman–Crippen MR) is 95.1 cm³/mol. The van der Waals surface area contributed by atoms with Crippen molar-refractivity contribution in [1.82, 2.24) is 5.01 Å². The first-order chi connectivity index (χ1) is 13.4. The van der Waals surface area contributed by atoms with Crippen LogP contribution < -0.4 is 0 Å². The second-order valence-corrected chi connectivity index (χ2v) is 5.92. The molecule has 9 heteroatoms. The number of nitrogens with zero attached hydrogens (tertiary/aromatic N) is 3. The number of hydrogen-bond donors (Lipinski definition) is 0. The standard InChI is InChI=1S/C19H9F2N3O4/c20-14-5-2-6-15(21)13(14)9-22-23-18(25)11-4-1-3-10-16(24(27)28)8-7-12(17(10)11)19(23)26/h1-9H/b22-9-. The van der Waals surface area contributed by atoms with Crippen molar-refractivity contribution >= 4 is 34.5 Å². The van der Waals surface area contributed by atoms with Gasteiger partial charge in [0.15, 0.2) is 0 Å². The van der Waals surface area contributed by atoms with Gasteiger partial charge < -0.3 is 0 Å². The van der Waals surface area contributed by atoms with Crippen molar-refractivity contribution in [2.24, 2.45) is 5.10 Å². The lowest BCUT2D eigenvalue weighted by Gasteiger charge is -2.23. The molecule has 0 saturated heterocycles. The molecule has 28 heavy (non-hydrogen) atoms. The molecule has 2 amide bonds. The summed E-state index contributed by atoms with van der Waals surface area (Å²) in [6.45, 7) is 0. The quantitative estimate of drug-likeness (QED) is 0.300. The number of carbonyl (C=O) groups excluding carboxylic acids is 2. The zero-order valence-electron chi connectivity index (χ0n) is 13.9. The van der Waals surface area contributed by atoms with Crippen LogP contribution in [0.3, 0.4) is 0 Å². The summed E-state index contributed by atoms with van der Waals surface area (Å²) in [5.41, 5.74) is -0.689. The van der Waals surface area contributed by atoms with Crippen LogP contribution in [0, 0.1) is 21.7 Å².